The van der Waals surface area contributed by atoms with Crippen molar-refractivity contribution in [3.63, 3.8) is 0 Å². The van der Waals surface area contributed by atoms with Crippen LogP contribution in [0, 0.1) is 0 Å². The molecule has 0 radical (unpaired) electrons. The van der Waals surface area contributed by atoms with Gasteiger partial charge in [0, 0.05) is 10.6 Å². The summed E-state index contributed by atoms with van der Waals surface area (Å²) < 4.78 is 4.98. The number of fused-ring (bicyclic) bond motifs is 1. The second kappa shape index (κ2) is 4.54. The molecular formula is C13H11ClO2. The molecule has 0 aromatic carbocycles. The standard InChI is InChI=1S/C13H11ClO2/c1-2-16-13(15)11-8-12(14)10-7-5-3-4-6-9(10)11/h3-8H,2H2,1H3. The van der Waals surface area contributed by atoms with Crippen molar-refractivity contribution < 1.29 is 9.53 Å². The van der Waals surface area contributed by atoms with E-state index in [1.165, 1.54) is 0 Å². The molecule has 16 heavy (non-hydrogen) atoms. The molecule has 2 aliphatic carbocycles. The Morgan fingerprint density at radius 3 is 2.62 bits per heavy atom. The molecule has 0 heterocycles. The minimum atomic E-state index is -0.328. The molecule has 2 rings (SSSR count). The Morgan fingerprint density at radius 1 is 1.25 bits per heavy atom. The smallest absolute Gasteiger partial charge is 0.338 e. The first-order chi connectivity index (χ1) is 7.74. The second-order valence-corrected chi connectivity index (χ2v) is 3.77. The van der Waals surface area contributed by atoms with Crippen LogP contribution in [0.4, 0.5) is 0 Å². The topological polar surface area (TPSA) is 26.3 Å². The van der Waals surface area contributed by atoms with Crippen LogP contribution in [0.2, 0.25) is 5.02 Å². The lowest BCUT2D eigenvalue weighted by Gasteiger charge is -2.01. The highest BCUT2D eigenvalue weighted by Gasteiger charge is 2.19. The fourth-order valence-corrected chi connectivity index (χ4v) is 1.92. The molecule has 0 aliphatic heterocycles. The molecule has 0 aromatic rings. The van der Waals surface area contributed by atoms with Crippen LogP contribution in [-0.2, 0) is 4.74 Å². The van der Waals surface area contributed by atoms with Gasteiger partial charge in [0.25, 0.3) is 0 Å². The molecule has 3 heteroatoms. The third-order valence-corrected chi connectivity index (χ3v) is 2.66. The molecule has 0 unspecified atom stereocenters. The molecule has 0 saturated heterocycles. The summed E-state index contributed by atoms with van der Waals surface area (Å²) in [4.78, 5) is 11.7. The fourth-order valence-electron chi connectivity index (χ4n) is 1.65. The summed E-state index contributed by atoms with van der Waals surface area (Å²) in [6.45, 7) is 2.15. The maximum Gasteiger partial charge on any atom is 0.338 e. The number of ether oxygens (including phenoxy) is 1. The van der Waals surface area contributed by atoms with Crippen molar-refractivity contribution in [1.82, 2.24) is 0 Å². The first kappa shape index (κ1) is 11.0. The highest BCUT2D eigenvalue weighted by atomic mass is 35.5. The highest BCUT2D eigenvalue weighted by Crippen LogP contribution is 2.35. The number of carbonyl (C=O) groups is 1. The van der Waals surface area contributed by atoms with Crippen LogP contribution in [-0.4, -0.2) is 12.6 Å². The molecule has 0 aromatic heterocycles. The van der Waals surface area contributed by atoms with Crippen molar-refractivity contribution in [1.29, 1.82) is 0 Å². The van der Waals surface area contributed by atoms with Gasteiger partial charge in [-0.3, -0.25) is 0 Å². The SMILES string of the molecule is CCOC(=O)c1cc(Cl)c2cccccc1-2. The molecule has 0 spiro atoms. The van der Waals surface area contributed by atoms with Crippen LogP contribution in [0.3, 0.4) is 0 Å². The highest BCUT2D eigenvalue weighted by molar-refractivity contribution is 6.34. The van der Waals surface area contributed by atoms with E-state index in [4.69, 9.17) is 16.3 Å². The summed E-state index contributed by atoms with van der Waals surface area (Å²) in [6.07, 6.45) is 0. The van der Waals surface area contributed by atoms with E-state index in [0.29, 0.717) is 17.2 Å². The van der Waals surface area contributed by atoms with Crippen molar-refractivity contribution >= 4 is 17.6 Å². The first-order valence-electron chi connectivity index (χ1n) is 5.08. The van der Waals surface area contributed by atoms with Crippen LogP contribution in [0.1, 0.15) is 17.3 Å². The van der Waals surface area contributed by atoms with Crippen LogP contribution in [0.15, 0.2) is 36.4 Å². The maximum absolute atomic E-state index is 11.7. The Hall–Kier alpha value is -1.54. The predicted molar refractivity (Wildman–Crippen MR) is 64.0 cm³/mol. The van der Waals surface area contributed by atoms with Gasteiger partial charge in [-0.1, -0.05) is 41.9 Å². The van der Waals surface area contributed by atoms with E-state index in [1.807, 2.05) is 30.3 Å². The van der Waals surface area contributed by atoms with Gasteiger partial charge in [-0.15, -0.1) is 0 Å². The average molecular weight is 235 g/mol. The summed E-state index contributed by atoms with van der Waals surface area (Å²) in [5.74, 6) is -0.328. The van der Waals surface area contributed by atoms with Gasteiger partial charge in [0.2, 0.25) is 0 Å². The minimum Gasteiger partial charge on any atom is -0.462 e. The van der Waals surface area contributed by atoms with E-state index in [1.54, 1.807) is 13.0 Å². The van der Waals surface area contributed by atoms with Gasteiger partial charge in [0.05, 0.1) is 12.2 Å². The van der Waals surface area contributed by atoms with Crippen LogP contribution in [0.25, 0.3) is 11.1 Å². The molecule has 0 atom stereocenters. The van der Waals surface area contributed by atoms with Crippen molar-refractivity contribution in [3.05, 3.63) is 47.0 Å². The third-order valence-electron chi connectivity index (χ3n) is 2.35. The Morgan fingerprint density at radius 2 is 1.94 bits per heavy atom. The molecule has 0 N–H and O–H groups in total. The Kier molecular flexibility index (Phi) is 3.11. The van der Waals surface area contributed by atoms with E-state index in [-0.39, 0.29) is 5.97 Å². The molecule has 0 bridgehead atoms. The maximum atomic E-state index is 11.7. The number of hydrogen-bond acceptors (Lipinski definition) is 2. The van der Waals surface area contributed by atoms with Crippen molar-refractivity contribution in [2.45, 2.75) is 6.92 Å². The van der Waals surface area contributed by atoms with Gasteiger partial charge < -0.3 is 4.74 Å². The summed E-state index contributed by atoms with van der Waals surface area (Å²) in [6, 6.07) is 11.1. The van der Waals surface area contributed by atoms with Gasteiger partial charge in [-0.05, 0) is 18.6 Å². The molecule has 2 aliphatic rings. The van der Waals surface area contributed by atoms with Crippen LogP contribution in [0.5, 0.6) is 0 Å². The normalized spacial score (nSPS) is 10.4. The van der Waals surface area contributed by atoms with Crippen molar-refractivity contribution in [2.75, 3.05) is 6.61 Å². The van der Waals surface area contributed by atoms with Gasteiger partial charge in [-0.25, -0.2) is 4.79 Å². The summed E-state index contributed by atoms with van der Waals surface area (Å²) in [7, 11) is 0. The third kappa shape index (κ3) is 1.89. The number of esters is 1. The Balaban J connectivity index is 2.54. The van der Waals surface area contributed by atoms with E-state index in [0.717, 1.165) is 11.1 Å². The Bertz CT molecular complexity index is 494. The van der Waals surface area contributed by atoms with Gasteiger partial charge >= 0.3 is 5.97 Å². The van der Waals surface area contributed by atoms with Crippen LogP contribution >= 0.6 is 11.6 Å². The number of hydrogen-bond donors (Lipinski definition) is 0. The summed E-state index contributed by atoms with van der Waals surface area (Å²) in [5.41, 5.74) is 2.22. The van der Waals surface area contributed by atoms with Crippen molar-refractivity contribution in [3.8, 4) is 11.1 Å². The average Bonchev–Trinajstić information content (AvgIpc) is 2.47. The van der Waals surface area contributed by atoms with E-state index in [2.05, 4.69) is 0 Å². The van der Waals surface area contributed by atoms with Gasteiger partial charge in [0.1, 0.15) is 0 Å². The zero-order valence-electron chi connectivity index (χ0n) is 8.87. The lowest BCUT2D eigenvalue weighted by atomic mass is 10.1. The predicted octanol–water partition coefficient (Wildman–Crippen LogP) is 3.62. The molecule has 0 amide bonds. The second-order valence-electron chi connectivity index (χ2n) is 3.36. The zero-order valence-corrected chi connectivity index (χ0v) is 9.62. The lowest BCUT2D eigenvalue weighted by Crippen LogP contribution is -2.03. The molecule has 0 saturated carbocycles. The first-order valence-corrected chi connectivity index (χ1v) is 5.46. The van der Waals surface area contributed by atoms with E-state index >= 15 is 0 Å². The molecule has 0 fully saturated rings. The zero-order chi connectivity index (χ0) is 11.5. The summed E-state index contributed by atoms with van der Waals surface area (Å²) >= 11 is 6.07. The molecule has 82 valence electrons. The van der Waals surface area contributed by atoms with Gasteiger partial charge in [0.15, 0.2) is 0 Å². The quantitative estimate of drug-likeness (QED) is 0.742. The number of carbonyl (C=O) groups excluding carboxylic acids is 1. The number of rotatable bonds is 2. The van der Waals surface area contributed by atoms with E-state index < -0.39 is 0 Å². The minimum absolute atomic E-state index is 0.328. The summed E-state index contributed by atoms with van der Waals surface area (Å²) in [5, 5.41) is 0.578. The monoisotopic (exact) mass is 234 g/mol. The molecular weight excluding hydrogens is 224 g/mol. The molecule has 2 nitrogen and oxygen atoms in total. The van der Waals surface area contributed by atoms with Crippen LogP contribution < -0.4 is 0 Å². The van der Waals surface area contributed by atoms with Crippen molar-refractivity contribution in [2.24, 2.45) is 0 Å². The number of halogens is 1. The largest absolute Gasteiger partial charge is 0.462 e. The fraction of sp³-hybridized carbons (Fsp3) is 0.154. The van der Waals surface area contributed by atoms with Gasteiger partial charge in [-0.2, -0.15) is 0 Å². The Labute approximate surface area is 99.1 Å². The lowest BCUT2D eigenvalue weighted by molar-refractivity contribution is 0.0528. The van der Waals surface area contributed by atoms with E-state index in [9.17, 15) is 4.79 Å².